The maximum Gasteiger partial charge on any atom is 0.203 e. The molecule has 8 aromatic carbocycles. The number of para-hydroxylation sites is 1. The van der Waals surface area contributed by atoms with Crippen molar-refractivity contribution in [2.45, 2.75) is 0 Å². The van der Waals surface area contributed by atoms with Crippen LogP contribution in [0, 0.1) is 0 Å². The van der Waals surface area contributed by atoms with Crippen molar-refractivity contribution in [3.63, 3.8) is 0 Å². The molecule has 0 radical (unpaired) electrons. The molecule has 0 unspecified atom stereocenters. The van der Waals surface area contributed by atoms with Crippen LogP contribution in [-0.4, -0.2) is 22.6 Å². The first-order chi connectivity index (χ1) is 28.3. The molecule has 1 aliphatic rings. The first-order valence-corrected chi connectivity index (χ1v) is 22.2. The van der Waals surface area contributed by atoms with Gasteiger partial charge in [0.2, 0.25) is 8.07 Å². The number of aromatic nitrogens is 3. The molecular formula is C52H33N3SSi. The molecule has 57 heavy (non-hydrogen) atoms. The number of thiophene rings is 1. The van der Waals surface area contributed by atoms with Gasteiger partial charge in [0.15, 0.2) is 5.82 Å². The van der Waals surface area contributed by atoms with E-state index in [1.165, 1.54) is 63.1 Å². The summed E-state index contributed by atoms with van der Waals surface area (Å²) in [5.41, 5.74) is 8.99. The van der Waals surface area contributed by atoms with E-state index in [0.29, 0.717) is 0 Å². The molecule has 3 nitrogen and oxygen atoms in total. The van der Waals surface area contributed by atoms with Crippen LogP contribution in [0.25, 0.3) is 81.4 Å². The Balaban J connectivity index is 1.12. The average Bonchev–Trinajstić information content (AvgIpc) is 3.93. The van der Waals surface area contributed by atoms with Crippen molar-refractivity contribution in [3.05, 3.63) is 200 Å². The molecule has 12 rings (SSSR count). The highest BCUT2D eigenvalue weighted by Crippen LogP contribution is 2.43. The molecule has 3 aromatic heterocycles. The number of nitrogens with zero attached hydrogens (tertiary/aromatic N) is 3. The summed E-state index contributed by atoms with van der Waals surface area (Å²) in [6.07, 6.45) is 0. The minimum Gasteiger partial charge on any atom is -0.309 e. The van der Waals surface area contributed by atoms with Gasteiger partial charge in [0.1, 0.15) is 0 Å². The van der Waals surface area contributed by atoms with Gasteiger partial charge in [-0.25, -0.2) is 9.97 Å². The number of benzene rings is 8. The summed E-state index contributed by atoms with van der Waals surface area (Å²) in [4.78, 5) is 11.2. The number of hydrogen-bond donors (Lipinski definition) is 0. The first-order valence-electron chi connectivity index (χ1n) is 19.4. The highest BCUT2D eigenvalue weighted by molar-refractivity contribution is 7.26. The smallest absolute Gasteiger partial charge is 0.203 e. The van der Waals surface area contributed by atoms with Crippen LogP contribution in [-0.2, 0) is 0 Å². The van der Waals surface area contributed by atoms with E-state index in [4.69, 9.17) is 9.97 Å². The minimum absolute atomic E-state index is 0.740. The third kappa shape index (κ3) is 4.64. The Morgan fingerprint density at radius 2 is 1.09 bits per heavy atom. The fourth-order valence-electron chi connectivity index (χ4n) is 9.50. The second-order valence-electron chi connectivity index (χ2n) is 14.8. The summed E-state index contributed by atoms with van der Waals surface area (Å²) in [5.74, 6) is 0.740. The lowest BCUT2D eigenvalue weighted by atomic mass is 10.0. The molecule has 0 aliphatic carbocycles. The molecule has 266 valence electrons. The topological polar surface area (TPSA) is 30.7 Å². The van der Waals surface area contributed by atoms with E-state index in [-0.39, 0.29) is 0 Å². The van der Waals surface area contributed by atoms with Gasteiger partial charge in [-0.05, 0) is 63.6 Å². The Labute approximate surface area is 334 Å². The van der Waals surface area contributed by atoms with E-state index in [1.54, 1.807) is 0 Å². The zero-order valence-corrected chi connectivity index (χ0v) is 32.6. The van der Waals surface area contributed by atoms with Crippen LogP contribution >= 0.6 is 11.3 Å². The Kier molecular flexibility index (Phi) is 7.12. The van der Waals surface area contributed by atoms with E-state index in [9.17, 15) is 0 Å². The fourth-order valence-corrected chi connectivity index (χ4v) is 15.6. The summed E-state index contributed by atoms with van der Waals surface area (Å²) >= 11 is 1.86. The van der Waals surface area contributed by atoms with E-state index in [0.717, 1.165) is 39.2 Å². The van der Waals surface area contributed by atoms with Crippen LogP contribution in [0.3, 0.4) is 0 Å². The van der Waals surface area contributed by atoms with E-state index in [2.05, 4.69) is 205 Å². The monoisotopic (exact) mass is 759 g/mol. The van der Waals surface area contributed by atoms with Gasteiger partial charge in [-0.3, -0.25) is 0 Å². The summed E-state index contributed by atoms with van der Waals surface area (Å²) in [6, 6.07) is 72.9. The highest BCUT2D eigenvalue weighted by Gasteiger charge is 2.51. The van der Waals surface area contributed by atoms with Crippen molar-refractivity contribution in [2.24, 2.45) is 0 Å². The second-order valence-corrected chi connectivity index (χ2v) is 19.6. The highest BCUT2D eigenvalue weighted by atomic mass is 32.1. The van der Waals surface area contributed by atoms with Gasteiger partial charge >= 0.3 is 0 Å². The molecule has 0 amide bonds. The predicted octanol–water partition coefficient (Wildman–Crippen LogP) is 10.6. The van der Waals surface area contributed by atoms with Gasteiger partial charge in [0.05, 0.1) is 22.0 Å². The van der Waals surface area contributed by atoms with Gasteiger partial charge in [-0.15, -0.1) is 11.3 Å². The molecule has 0 bridgehead atoms. The third-order valence-electron chi connectivity index (χ3n) is 11.9. The van der Waals surface area contributed by atoms with Gasteiger partial charge < -0.3 is 4.57 Å². The largest absolute Gasteiger partial charge is 0.309 e. The minimum atomic E-state index is -2.87. The van der Waals surface area contributed by atoms with Crippen LogP contribution in [0.5, 0.6) is 0 Å². The van der Waals surface area contributed by atoms with Crippen LogP contribution in [0.15, 0.2) is 200 Å². The Morgan fingerprint density at radius 3 is 1.84 bits per heavy atom. The molecule has 4 heterocycles. The van der Waals surface area contributed by atoms with Gasteiger partial charge in [0, 0.05) is 53.3 Å². The molecule has 5 heteroatoms. The lowest BCUT2D eigenvalue weighted by Crippen LogP contribution is -2.73. The molecule has 0 spiro atoms. The van der Waals surface area contributed by atoms with E-state index < -0.39 is 8.07 Å². The molecule has 0 fully saturated rings. The average molecular weight is 760 g/mol. The van der Waals surface area contributed by atoms with Gasteiger partial charge in [-0.2, -0.15) is 0 Å². The van der Waals surface area contributed by atoms with Crippen LogP contribution < -0.4 is 20.9 Å². The van der Waals surface area contributed by atoms with E-state index >= 15 is 0 Å². The molecule has 0 N–H and O–H groups in total. The van der Waals surface area contributed by atoms with Crippen molar-refractivity contribution in [1.29, 1.82) is 0 Å². The molecule has 11 aromatic rings. The molecule has 0 saturated heterocycles. The summed E-state index contributed by atoms with van der Waals surface area (Å²) < 4.78 is 5.06. The number of fused-ring (bicyclic) bond motifs is 10. The zero-order valence-electron chi connectivity index (χ0n) is 30.8. The SMILES string of the molecule is c1ccc(-c2nc(-c3ccc(-n4c5ccccc5c5ccc6sc7ccccc7c6c54)cc3)nc3c2-c2ccccc2[Si]3(c2ccccc2)c2ccccc2)cc1. The Bertz CT molecular complexity index is 3300. The van der Waals surface area contributed by atoms with Crippen molar-refractivity contribution in [1.82, 2.24) is 14.5 Å². The number of rotatable bonds is 5. The summed E-state index contributed by atoms with van der Waals surface area (Å²) in [6.45, 7) is 0. The lowest BCUT2D eigenvalue weighted by molar-refractivity contribution is 1.18. The van der Waals surface area contributed by atoms with Crippen LogP contribution in [0.4, 0.5) is 0 Å². The first kappa shape index (κ1) is 32.3. The normalized spacial score (nSPS) is 13.1. The Morgan fingerprint density at radius 1 is 0.456 bits per heavy atom. The maximum absolute atomic E-state index is 5.74. The van der Waals surface area contributed by atoms with Crippen LogP contribution in [0.2, 0.25) is 0 Å². The zero-order chi connectivity index (χ0) is 37.5. The predicted molar refractivity (Wildman–Crippen MR) is 243 cm³/mol. The summed E-state index contributed by atoms with van der Waals surface area (Å²) in [5, 5.41) is 10.3. The maximum atomic E-state index is 5.74. The summed E-state index contributed by atoms with van der Waals surface area (Å²) in [7, 11) is -2.87. The van der Waals surface area contributed by atoms with Crippen molar-refractivity contribution in [3.8, 4) is 39.5 Å². The quantitative estimate of drug-likeness (QED) is 0.164. The second kappa shape index (κ2) is 12.5. The van der Waals surface area contributed by atoms with Crippen molar-refractivity contribution >= 4 is 82.3 Å². The molecule has 1 aliphatic heterocycles. The number of hydrogen-bond acceptors (Lipinski definition) is 3. The van der Waals surface area contributed by atoms with Crippen molar-refractivity contribution < 1.29 is 0 Å². The molecular weight excluding hydrogens is 727 g/mol. The van der Waals surface area contributed by atoms with Gasteiger partial charge in [0.25, 0.3) is 0 Å². The van der Waals surface area contributed by atoms with Crippen molar-refractivity contribution in [2.75, 3.05) is 0 Å². The van der Waals surface area contributed by atoms with Gasteiger partial charge in [-0.1, -0.05) is 158 Å². The third-order valence-corrected chi connectivity index (χ3v) is 17.7. The van der Waals surface area contributed by atoms with Crippen LogP contribution in [0.1, 0.15) is 0 Å². The lowest BCUT2D eigenvalue weighted by Gasteiger charge is -2.30. The van der Waals surface area contributed by atoms with E-state index in [1.807, 2.05) is 11.3 Å². The molecule has 0 saturated carbocycles. The Hall–Kier alpha value is -6.92. The molecule has 0 atom stereocenters. The fraction of sp³-hybridized carbons (Fsp3) is 0. The standard InChI is InChI=1S/C52H33N3SSi/c1-4-16-34(17-5-1)49-48-42-24-12-15-27-46(42)57(37-18-6-2-7-19-37,38-20-8-3-9-21-38)52(48)54-51(53-49)35-28-30-36(31-29-35)55-43-25-13-10-22-39(43)40-32-33-45-47(50(40)55)41-23-11-14-26-44(41)56-45/h1-33H.